The van der Waals surface area contributed by atoms with Gasteiger partial charge in [-0.2, -0.15) is 0 Å². The van der Waals surface area contributed by atoms with Crippen LogP contribution in [0.1, 0.15) is 9.67 Å². The lowest BCUT2D eigenvalue weighted by Gasteiger charge is -2.21. The highest BCUT2D eigenvalue weighted by Gasteiger charge is 2.24. The summed E-state index contributed by atoms with van der Waals surface area (Å²) in [5.41, 5.74) is 0.931. The minimum absolute atomic E-state index is 0.251. The summed E-state index contributed by atoms with van der Waals surface area (Å²) in [5.74, 6) is -0.553. The van der Waals surface area contributed by atoms with Gasteiger partial charge >= 0.3 is 0 Å². The van der Waals surface area contributed by atoms with E-state index in [1.54, 1.807) is 42.6 Å². The number of thiazole rings is 1. The summed E-state index contributed by atoms with van der Waals surface area (Å²) in [6.45, 7) is -0.726. The molecule has 8 heteroatoms. The van der Waals surface area contributed by atoms with E-state index in [0.29, 0.717) is 21.4 Å². The van der Waals surface area contributed by atoms with Gasteiger partial charge in [0.25, 0.3) is 12.3 Å². The summed E-state index contributed by atoms with van der Waals surface area (Å²) in [4.78, 5) is 22.3. The summed E-state index contributed by atoms with van der Waals surface area (Å²) in [6.07, 6.45) is 0.318. The molecule has 1 aromatic carbocycles. The van der Waals surface area contributed by atoms with Crippen molar-refractivity contribution in [3.63, 3.8) is 0 Å². The predicted octanol–water partition coefficient (Wildman–Crippen LogP) is 4.77. The highest BCUT2D eigenvalue weighted by atomic mass is 35.5. The molecule has 0 saturated carbocycles. The molecule has 0 saturated heterocycles. The van der Waals surface area contributed by atoms with Gasteiger partial charge in [-0.25, -0.2) is 13.8 Å². The average Bonchev–Trinajstić information content (AvgIpc) is 3.10. The van der Waals surface area contributed by atoms with Gasteiger partial charge in [0.1, 0.15) is 9.88 Å². The standard InChI is InChI=1S/C17H12ClF2N3OS/c18-11-4-3-5-12(8-11)23(10-15(19)20)17(24)14-9-22-16(25-14)13-6-1-2-7-21-13/h1-9,15H,10H2. The van der Waals surface area contributed by atoms with E-state index in [4.69, 9.17) is 11.6 Å². The number of alkyl halides is 2. The number of pyridine rings is 1. The highest BCUT2D eigenvalue weighted by Crippen LogP contribution is 2.27. The Labute approximate surface area is 151 Å². The van der Waals surface area contributed by atoms with Crippen molar-refractivity contribution in [1.82, 2.24) is 9.97 Å². The van der Waals surface area contributed by atoms with Crippen LogP contribution in [0.4, 0.5) is 14.5 Å². The first-order valence-corrected chi connectivity index (χ1v) is 8.47. The molecular weight excluding hydrogens is 368 g/mol. The second-order valence-corrected chi connectivity index (χ2v) is 6.50. The normalized spacial score (nSPS) is 10.9. The molecule has 0 aliphatic heterocycles. The number of carbonyl (C=O) groups excluding carboxylic acids is 1. The second kappa shape index (κ2) is 7.67. The molecule has 3 aromatic rings. The summed E-state index contributed by atoms with van der Waals surface area (Å²) in [5, 5.41) is 0.912. The minimum Gasteiger partial charge on any atom is -0.302 e. The Morgan fingerprint density at radius 1 is 1.20 bits per heavy atom. The van der Waals surface area contributed by atoms with E-state index in [2.05, 4.69) is 9.97 Å². The fourth-order valence-electron chi connectivity index (χ4n) is 2.20. The topological polar surface area (TPSA) is 46.1 Å². The van der Waals surface area contributed by atoms with Crippen LogP contribution < -0.4 is 4.90 Å². The molecule has 1 amide bonds. The van der Waals surface area contributed by atoms with Crippen LogP contribution in [0.2, 0.25) is 5.02 Å². The van der Waals surface area contributed by atoms with Crippen LogP contribution in [0, 0.1) is 0 Å². The fourth-order valence-corrected chi connectivity index (χ4v) is 3.23. The van der Waals surface area contributed by atoms with Crippen molar-refractivity contribution in [2.45, 2.75) is 6.43 Å². The Balaban J connectivity index is 1.91. The van der Waals surface area contributed by atoms with Crippen LogP contribution in [-0.2, 0) is 0 Å². The van der Waals surface area contributed by atoms with Gasteiger partial charge in [-0.3, -0.25) is 9.78 Å². The van der Waals surface area contributed by atoms with Gasteiger partial charge in [0, 0.05) is 16.9 Å². The van der Waals surface area contributed by atoms with Gasteiger partial charge in [0.2, 0.25) is 0 Å². The van der Waals surface area contributed by atoms with Crippen LogP contribution in [0.5, 0.6) is 0 Å². The second-order valence-electron chi connectivity index (χ2n) is 5.03. The number of hydrogen-bond donors (Lipinski definition) is 0. The predicted molar refractivity (Wildman–Crippen MR) is 94.5 cm³/mol. The highest BCUT2D eigenvalue weighted by molar-refractivity contribution is 7.17. The SMILES string of the molecule is O=C(c1cnc(-c2ccccn2)s1)N(CC(F)F)c1cccc(Cl)c1. The zero-order valence-corrected chi connectivity index (χ0v) is 14.3. The van der Waals surface area contributed by atoms with E-state index in [9.17, 15) is 13.6 Å². The van der Waals surface area contributed by atoms with Gasteiger partial charge in [-0.05, 0) is 30.3 Å². The van der Waals surface area contributed by atoms with Crippen LogP contribution in [0.25, 0.3) is 10.7 Å². The van der Waals surface area contributed by atoms with Crippen molar-refractivity contribution < 1.29 is 13.6 Å². The van der Waals surface area contributed by atoms with Crippen LogP contribution in [0.3, 0.4) is 0 Å². The number of anilines is 1. The van der Waals surface area contributed by atoms with E-state index >= 15 is 0 Å². The third-order valence-electron chi connectivity index (χ3n) is 3.29. The van der Waals surface area contributed by atoms with E-state index in [0.717, 1.165) is 16.2 Å². The van der Waals surface area contributed by atoms with Gasteiger partial charge in [0.15, 0.2) is 0 Å². The Morgan fingerprint density at radius 3 is 2.72 bits per heavy atom. The summed E-state index contributed by atoms with van der Waals surface area (Å²) in [7, 11) is 0. The van der Waals surface area contributed by atoms with E-state index in [1.807, 2.05) is 0 Å². The molecule has 2 heterocycles. The number of nitrogens with zero attached hydrogens (tertiary/aromatic N) is 3. The number of carbonyl (C=O) groups is 1. The lowest BCUT2D eigenvalue weighted by molar-refractivity contribution is 0.0949. The smallest absolute Gasteiger partial charge is 0.270 e. The lowest BCUT2D eigenvalue weighted by Crippen LogP contribution is -2.34. The molecule has 0 fully saturated rings. The molecule has 128 valence electrons. The third kappa shape index (κ3) is 4.18. The number of benzene rings is 1. The van der Waals surface area contributed by atoms with Gasteiger partial charge in [0.05, 0.1) is 18.4 Å². The molecule has 25 heavy (non-hydrogen) atoms. The number of rotatable bonds is 5. The maximum absolute atomic E-state index is 13.0. The molecule has 0 atom stereocenters. The first-order chi connectivity index (χ1) is 12.0. The van der Waals surface area contributed by atoms with Crippen molar-refractivity contribution in [3.05, 3.63) is 64.8 Å². The molecule has 3 rings (SSSR count). The van der Waals surface area contributed by atoms with E-state index in [-0.39, 0.29) is 4.88 Å². The number of halogens is 3. The van der Waals surface area contributed by atoms with Crippen molar-refractivity contribution in [2.75, 3.05) is 11.4 Å². The largest absolute Gasteiger partial charge is 0.302 e. The van der Waals surface area contributed by atoms with E-state index < -0.39 is 18.9 Å². The molecule has 0 aliphatic carbocycles. The molecule has 0 radical (unpaired) electrons. The molecule has 0 bridgehead atoms. The molecule has 2 aromatic heterocycles. The number of amides is 1. The Kier molecular flexibility index (Phi) is 5.35. The summed E-state index contributed by atoms with van der Waals surface area (Å²) < 4.78 is 25.9. The maximum Gasteiger partial charge on any atom is 0.270 e. The molecule has 4 nitrogen and oxygen atoms in total. The summed E-state index contributed by atoms with van der Waals surface area (Å²) in [6, 6.07) is 11.6. The van der Waals surface area contributed by atoms with Crippen molar-refractivity contribution >= 4 is 34.5 Å². The molecular formula is C17H12ClF2N3OS. The average molecular weight is 380 g/mol. The number of hydrogen-bond acceptors (Lipinski definition) is 4. The first-order valence-electron chi connectivity index (χ1n) is 7.27. The van der Waals surface area contributed by atoms with Crippen LogP contribution in [-0.4, -0.2) is 28.8 Å². The monoisotopic (exact) mass is 379 g/mol. The zero-order valence-electron chi connectivity index (χ0n) is 12.8. The first kappa shape index (κ1) is 17.4. The molecule has 0 spiro atoms. The lowest BCUT2D eigenvalue weighted by atomic mass is 10.2. The Bertz CT molecular complexity index is 873. The fraction of sp³-hybridized carbons (Fsp3) is 0.118. The number of aromatic nitrogens is 2. The van der Waals surface area contributed by atoms with E-state index in [1.165, 1.54) is 12.3 Å². The van der Waals surface area contributed by atoms with Crippen LogP contribution >= 0.6 is 22.9 Å². The van der Waals surface area contributed by atoms with Crippen LogP contribution in [0.15, 0.2) is 54.9 Å². The van der Waals surface area contributed by atoms with Gasteiger partial charge in [-0.15, -0.1) is 11.3 Å². The minimum atomic E-state index is -2.67. The summed E-state index contributed by atoms with van der Waals surface area (Å²) >= 11 is 7.02. The van der Waals surface area contributed by atoms with Crippen molar-refractivity contribution in [1.29, 1.82) is 0 Å². The molecule has 0 unspecified atom stereocenters. The third-order valence-corrected chi connectivity index (χ3v) is 4.53. The molecule has 0 N–H and O–H groups in total. The van der Waals surface area contributed by atoms with Gasteiger partial charge < -0.3 is 4.90 Å². The van der Waals surface area contributed by atoms with Gasteiger partial charge in [-0.1, -0.05) is 23.7 Å². The zero-order chi connectivity index (χ0) is 17.8. The quantitative estimate of drug-likeness (QED) is 0.641. The molecule has 0 aliphatic rings. The Hall–Kier alpha value is -2.38. The van der Waals surface area contributed by atoms with Crippen molar-refractivity contribution in [3.8, 4) is 10.7 Å². The maximum atomic E-state index is 13.0. The van der Waals surface area contributed by atoms with Crippen molar-refractivity contribution in [2.24, 2.45) is 0 Å². The Morgan fingerprint density at radius 2 is 2.04 bits per heavy atom.